The van der Waals surface area contributed by atoms with Gasteiger partial charge in [0.1, 0.15) is 5.76 Å². The number of anilines is 1. The van der Waals surface area contributed by atoms with Gasteiger partial charge in [0.05, 0.1) is 35.6 Å². The highest BCUT2D eigenvalue weighted by Crippen LogP contribution is 2.34. The van der Waals surface area contributed by atoms with E-state index in [0.717, 1.165) is 17.0 Å². The number of nitrogens with one attached hydrogen (secondary N) is 1. The molecule has 3 aromatic rings. The maximum atomic E-state index is 13.0. The molecule has 0 aliphatic carbocycles. The van der Waals surface area contributed by atoms with Crippen molar-refractivity contribution in [3.63, 3.8) is 0 Å². The van der Waals surface area contributed by atoms with Crippen molar-refractivity contribution >= 4 is 46.0 Å². The van der Waals surface area contributed by atoms with Crippen molar-refractivity contribution in [3.05, 3.63) is 75.3 Å². The van der Waals surface area contributed by atoms with Crippen LogP contribution in [0, 0.1) is 0 Å². The van der Waals surface area contributed by atoms with Gasteiger partial charge in [0.2, 0.25) is 0 Å². The SMILES string of the molecule is FC(F)(F)c1ccc(Cl)c(NC(=S)N(Cc2ccco2)Cc2cccs2)c1. The third-order valence-electron chi connectivity index (χ3n) is 3.68. The largest absolute Gasteiger partial charge is 0.467 e. The summed E-state index contributed by atoms with van der Waals surface area (Å²) in [5.74, 6) is 0.686. The Morgan fingerprint density at radius 3 is 2.63 bits per heavy atom. The van der Waals surface area contributed by atoms with Crippen LogP contribution in [0.3, 0.4) is 0 Å². The van der Waals surface area contributed by atoms with E-state index in [1.54, 1.807) is 34.6 Å². The molecule has 2 aromatic heterocycles. The zero-order valence-corrected chi connectivity index (χ0v) is 16.2. The maximum Gasteiger partial charge on any atom is 0.416 e. The fraction of sp³-hybridized carbons (Fsp3) is 0.167. The first kappa shape index (κ1) is 19.7. The van der Waals surface area contributed by atoms with Crippen molar-refractivity contribution in [1.82, 2.24) is 4.90 Å². The quantitative estimate of drug-likeness (QED) is 0.473. The Morgan fingerprint density at radius 2 is 2.00 bits per heavy atom. The summed E-state index contributed by atoms with van der Waals surface area (Å²) in [5, 5.41) is 5.18. The lowest BCUT2D eigenvalue weighted by molar-refractivity contribution is -0.137. The first-order chi connectivity index (χ1) is 12.8. The Hall–Kier alpha value is -2.03. The second-order valence-corrected chi connectivity index (χ2v) is 7.46. The number of halogens is 4. The summed E-state index contributed by atoms with van der Waals surface area (Å²) in [6.07, 6.45) is -2.91. The predicted octanol–water partition coefficient (Wildman–Crippen LogP) is 6.41. The number of hydrogen-bond donors (Lipinski definition) is 1. The summed E-state index contributed by atoms with van der Waals surface area (Å²) in [4.78, 5) is 2.86. The summed E-state index contributed by atoms with van der Waals surface area (Å²) < 4.78 is 44.3. The van der Waals surface area contributed by atoms with Crippen LogP contribution in [0.25, 0.3) is 0 Å². The molecule has 0 saturated heterocycles. The fourth-order valence-corrected chi connectivity index (χ4v) is 3.50. The highest BCUT2D eigenvalue weighted by atomic mass is 35.5. The molecule has 2 heterocycles. The van der Waals surface area contributed by atoms with Gasteiger partial charge in [0.15, 0.2) is 5.11 Å². The summed E-state index contributed by atoms with van der Waals surface area (Å²) in [7, 11) is 0. The number of thiophene rings is 1. The molecule has 1 N–H and O–H groups in total. The Labute approximate surface area is 168 Å². The van der Waals surface area contributed by atoms with E-state index in [1.165, 1.54) is 6.07 Å². The van der Waals surface area contributed by atoms with E-state index in [0.29, 0.717) is 18.8 Å². The normalized spacial score (nSPS) is 11.4. The molecule has 0 amide bonds. The number of alkyl halides is 3. The highest BCUT2D eigenvalue weighted by molar-refractivity contribution is 7.80. The first-order valence-corrected chi connectivity index (χ1v) is 9.47. The molecule has 0 atom stereocenters. The van der Waals surface area contributed by atoms with Gasteiger partial charge in [-0.05, 0) is 54.0 Å². The lowest BCUT2D eigenvalue weighted by Gasteiger charge is -2.25. The molecule has 142 valence electrons. The van der Waals surface area contributed by atoms with E-state index < -0.39 is 11.7 Å². The van der Waals surface area contributed by atoms with Gasteiger partial charge in [-0.25, -0.2) is 0 Å². The third-order valence-corrected chi connectivity index (χ3v) is 5.23. The zero-order valence-electron chi connectivity index (χ0n) is 13.8. The molecule has 0 spiro atoms. The van der Waals surface area contributed by atoms with E-state index in [9.17, 15) is 13.2 Å². The van der Waals surface area contributed by atoms with Crippen molar-refractivity contribution in [2.75, 3.05) is 5.32 Å². The van der Waals surface area contributed by atoms with Crippen LogP contribution in [0.2, 0.25) is 5.02 Å². The van der Waals surface area contributed by atoms with Gasteiger partial charge >= 0.3 is 6.18 Å². The number of thiocarbonyl (C=S) groups is 1. The Balaban J connectivity index is 1.81. The Morgan fingerprint density at radius 1 is 1.19 bits per heavy atom. The molecule has 0 fully saturated rings. The number of furan rings is 1. The first-order valence-electron chi connectivity index (χ1n) is 7.80. The molecule has 0 aliphatic rings. The standard InChI is InChI=1S/C18H14ClF3N2OS2/c19-15-6-5-12(18(20,21)22)9-16(15)23-17(26)24(10-13-3-1-7-25-13)11-14-4-2-8-27-14/h1-9H,10-11H2,(H,23,26). The average Bonchev–Trinajstić information content (AvgIpc) is 3.29. The molecule has 27 heavy (non-hydrogen) atoms. The molecule has 9 heteroatoms. The lowest BCUT2D eigenvalue weighted by atomic mass is 10.2. The molecule has 0 saturated carbocycles. The van der Waals surface area contributed by atoms with Crippen molar-refractivity contribution in [3.8, 4) is 0 Å². The minimum atomic E-state index is -4.46. The fourth-order valence-electron chi connectivity index (χ4n) is 2.37. The predicted molar refractivity (Wildman–Crippen MR) is 105 cm³/mol. The average molecular weight is 431 g/mol. The van der Waals surface area contributed by atoms with Crippen LogP contribution < -0.4 is 5.32 Å². The highest BCUT2D eigenvalue weighted by Gasteiger charge is 2.31. The number of nitrogens with zero attached hydrogens (tertiary/aromatic N) is 1. The van der Waals surface area contributed by atoms with Crippen LogP contribution in [0.5, 0.6) is 0 Å². The molecule has 0 unspecified atom stereocenters. The van der Waals surface area contributed by atoms with Crippen LogP contribution in [-0.4, -0.2) is 10.0 Å². The van der Waals surface area contributed by atoms with Crippen LogP contribution >= 0.6 is 35.2 Å². The number of benzene rings is 1. The molecule has 1 aromatic carbocycles. The van der Waals surface area contributed by atoms with Crippen molar-refractivity contribution < 1.29 is 17.6 Å². The van der Waals surface area contributed by atoms with E-state index in [2.05, 4.69) is 5.32 Å². The molecule has 3 nitrogen and oxygen atoms in total. The van der Waals surface area contributed by atoms with Gasteiger partial charge in [-0.3, -0.25) is 0 Å². The van der Waals surface area contributed by atoms with Gasteiger partial charge in [-0.2, -0.15) is 13.2 Å². The molecule has 0 aliphatic heterocycles. The van der Waals surface area contributed by atoms with Crippen molar-refractivity contribution in [2.45, 2.75) is 19.3 Å². The number of hydrogen-bond acceptors (Lipinski definition) is 3. The Kier molecular flexibility index (Phi) is 6.08. The second-order valence-electron chi connectivity index (χ2n) is 5.64. The molecular formula is C18H14ClF3N2OS2. The van der Waals surface area contributed by atoms with Gasteiger partial charge < -0.3 is 14.6 Å². The minimum absolute atomic E-state index is 0.104. The van der Waals surface area contributed by atoms with E-state index in [1.807, 2.05) is 17.5 Å². The summed E-state index contributed by atoms with van der Waals surface area (Å²) in [6.45, 7) is 0.855. The van der Waals surface area contributed by atoms with Gasteiger partial charge in [-0.1, -0.05) is 17.7 Å². The summed E-state index contributed by atoms with van der Waals surface area (Å²) in [5.41, 5.74) is -0.694. The van der Waals surface area contributed by atoms with Gasteiger partial charge in [0, 0.05) is 4.88 Å². The third kappa shape index (κ3) is 5.24. The molecule has 0 radical (unpaired) electrons. The summed E-state index contributed by atoms with van der Waals surface area (Å²) >= 11 is 13.1. The Bertz CT molecular complexity index is 860. The van der Waals surface area contributed by atoms with Gasteiger partial charge in [-0.15, -0.1) is 11.3 Å². The maximum absolute atomic E-state index is 13.0. The topological polar surface area (TPSA) is 28.4 Å². The monoisotopic (exact) mass is 430 g/mol. The molecule has 3 rings (SSSR count). The zero-order chi connectivity index (χ0) is 19.4. The van der Waals surface area contributed by atoms with E-state index in [-0.39, 0.29) is 15.8 Å². The van der Waals surface area contributed by atoms with Crippen LogP contribution in [0.1, 0.15) is 16.2 Å². The molecule has 0 bridgehead atoms. The van der Waals surface area contributed by atoms with Crippen molar-refractivity contribution in [2.24, 2.45) is 0 Å². The second kappa shape index (κ2) is 8.33. The smallest absolute Gasteiger partial charge is 0.416 e. The van der Waals surface area contributed by atoms with Crippen LogP contribution in [0.4, 0.5) is 18.9 Å². The van der Waals surface area contributed by atoms with Gasteiger partial charge in [0.25, 0.3) is 0 Å². The van der Waals surface area contributed by atoms with E-state index in [4.69, 9.17) is 28.2 Å². The number of rotatable bonds is 5. The van der Waals surface area contributed by atoms with Crippen LogP contribution in [-0.2, 0) is 19.3 Å². The van der Waals surface area contributed by atoms with Crippen molar-refractivity contribution in [1.29, 1.82) is 0 Å². The molecular weight excluding hydrogens is 417 g/mol. The minimum Gasteiger partial charge on any atom is -0.467 e. The van der Waals surface area contributed by atoms with Crippen LogP contribution in [0.15, 0.2) is 58.5 Å². The summed E-state index contributed by atoms with van der Waals surface area (Å²) in [6, 6.07) is 10.5. The lowest BCUT2D eigenvalue weighted by Crippen LogP contribution is -2.33. The van der Waals surface area contributed by atoms with E-state index >= 15 is 0 Å².